The monoisotopic (exact) mass is 538 g/mol. The molecule has 0 unspecified atom stereocenters. The van der Waals surface area contributed by atoms with Gasteiger partial charge in [0, 0.05) is 61.2 Å². The highest BCUT2D eigenvalue weighted by Crippen LogP contribution is 2.12. The van der Waals surface area contributed by atoms with Gasteiger partial charge in [-0.3, -0.25) is 14.4 Å². The topological polar surface area (TPSA) is 116 Å². The van der Waals surface area contributed by atoms with Gasteiger partial charge in [-0.25, -0.2) is 4.79 Å². The van der Waals surface area contributed by atoms with E-state index in [2.05, 4.69) is 35.1 Å². The van der Waals surface area contributed by atoms with E-state index in [1.54, 1.807) is 41.7 Å². The van der Waals surface area contributed by atoms with Crippen LogP contribution in [0, 0.1) is 5.92 Å². The standard InChI is InChI=1S/C26H42N4O4S2/c1-5-11-35-13-9-27-24(32)21-15-20(18-30-26(34)29-8-7-23(31)19(3)4)16-22(17-21)25(33)28-10-14-36-12-6-2/h15-17,19H,5-14,18H2,1-4H3,(H,27,32)(H,28,33)(H2,29,30,34). The third kappa shape index (κ3) is 13.8. The van der Waals surface area contributed by atoms with Gasteiger partial charge in [0.2, 0.25) is 0 Å². The Morgan fingerprint density at radius 2 is 1.25 bits per heavy atom. The molecule has 0 spiro atoms. The van der Waals surface area contributed by atoms with Crippen LogP contribution in [0.3, 0.4) is 0 Å². The van der Waals surface area contributed by atoms with Gasteiger partial charge in [-0.05, 0) is 48.1 Å². The van der Waals surface area contributed by atoms with E-state index in [1.165, 1.54) is 0 Å². The summed E-state index contributed by atoms with van der Waals surface area (Å²) in [5.41, 5.74) is 1.40. The summed E-state index contributed by atoms with van der Waals surface area (Å²) in [7, 11) is 0. The fraction of sp³-hybridized carbons (Fsp3) is 0.615. The van der Waals surface area contributed by atoms with E-state index in [1.807, 2.05) is 13.8 Å². The number of carbonyl (C=O) groups is 4. The third-order valence-corrected chi connectivity index (χ3v) is 7.41. The number of hydrogen-bond donors (Lipinski definition) is 4. The number of rotatable bonds is 18. The first kappa shape index (κ1) is 31.8. The first-order valence-corrected chi connectivity index (χ1v) is 15.0. The molecule has 4 N–H and O–H groups in total. The van der Waals surface area contributed by atoms with Crippen molar-refractivity contribution in [2.45, 2.75) is 53.5 Å². The minimum absolute atomic E-state index is 0.0659. The van der Waals surface area contributed by atoms with Gasteiger partial charge in [0.1, 0.15) is 5.78 Å². The van der Waals surface area contributed by atoms with Gasteiger partial charge in [0.25, 0.3) is 11.8 Å². The summed E-state index contributed by atoms with van der Waals surface area (Å²) in [6, 6.07) is 4.55. The summed E-state index contributed by atoms with van der Waals surface area (Å²) in [5.74, 6) is 3.26. The Balaban J connectivity index is 2.79. The molecule has 0 aliphatic rings. The molecule has 0 saturated carbocycles. The summed E-state index contributed by atoms with van der Waals surface area (Å²) in [6.45, 7) is 9.37. The average molecular weight is 539 g/mol. The fourth-order valence-corrected chi connectivity index (χ4v) is 4.54. The number of amides is 4. The van der Waals surface area contributed by atoms with Crippen LogP contribution in [-0.4, -0.2) is 66.3 Å². The number of thioether (sulfide) groups is 2. The van der Waals surface area contributed by atoms with Gasteiger partial charge in [-0.1, -0.05) is 27.7 Å². The molecule has 0 atom stereocenters. The number of carbonyl (C=O) groups excluding carboxylic acids is 4. The molecule has 202 valence electrons. The first-order chi connectivity index (χ1) is 17.3. The fourth-order valence-electron chi connectivity index (χ4n) is 3.06. The lowest BCUT2D eigenvalue weighted by atomic mass is 10.0. The van der Waals surface area contributed by atoms with E-state index >= 15 is 0 Å². The lowest BCUT2D eigenvalue weighted by molar-refractivity contribution is -0.121. The van der Waals surface area contributed by atoms with Crippen molar-refractivity contribution in [3.63, 3.8) is 0 Å². The molecule has 0 radical (unpaired) electrons. The lowest BCUT2D eigenvalue weighted by Crippen LogP contribution is -2.36. The maximum Gasteiger partial charge on any atom is 0.315 e. The summed E-state index contributed by atoms with van der Waals surface area (Å²) in [6.07, 6.45) is 2.45. The normalized spacial score (nSPS) is 10.7. The second kappa shape index (κ2) is 19.0. The zero-order chi connectivity index (χ0) is 26.8. The van der Waals surface area contributed by atoms with Crippen molar-refractivity contribution >= 4 is 47.2 Å². The van der Waals surface area contributed by atoms with E-state index < -0.39 is 6.03 Å². The van der Waals surface area contributed by atoms with E-state index in [0.29, 0.717) is 29.8 Å². The lowest BCUT2D eigenvalue weighted by Gasteiger charge is -2.12. The third-order valence-electron chi connectivity index (χ3n) is 5.03. The molecule has 0 aromatic heterocycles. The Morgan fingerprint density at radius 3 is 1.72 bits per heavy atom. The molecule has 4 amide bonds. The predicted octanol–water partition coefficient (Wildman–Crippen LogP) is 3.85. The quantitative estimate of drug-likeness (QED) is 0.211. The van der Waals surface area contributed by atoms with Gasteiger partial charge in [0.15, 0.2) is 0 Å². The van der Waals surface area contributed by atoms with Crippen molar-refractivity contribution < 1.29 is 19.2 Å². The van der Waals surface area contributed by atoms with Crippen LogP contribution >= 0.6 is 23.5 Å². The molecule has 8 nitrogen and oxygen atoms in total. The zero-order valence-corrected chi connectivity index (χ0v) is 23.7. The van der Waals surface area contributed by atoms with Crippen molar-refractivity contribution in [3.8, 4) is 0 Å². The Bertz CT molecular complexity index is 805. The van der Waals surface area contributed by atoms with Crippen LogP contribution in [0.2, 0.25) is 0 Å². The molecule has 0 aliphatic carbocycles. The largest absolute Gasteiger partial charge is 0.351 e. The number of nitrogens with one attached hydrogen (secondary N) is 4. The van der Waals surface area contributed by atoms with Gasteiger partial charge in [-0.15, -0.1) is 0 Å². The van der Waals surface area contributed by atoms with Crippen molar-refractivity contribution in [2.75, 3.05) is 42.6 Å². The highest BCUT2D eigenvalue weighted by Gasteiger charge is 2.14. The molecule has 36 heavy (non-hydrogen) atoms. The molecular formula is C26H42N4O4S2. The second-order valence-corrected chi connectivity index (χ2v) is 11.1. The van der Waals surface area contributed by atoms with Crippen molar-refractivity contribution in [1.82, 2.24) is 21.3 Å². The van der Waals surface area contributed by atoms with Crippen LogP contribution in [0.4, 0.5) is 4.79 Å². The van der Waals surface area contributed by atoms with Crippen molar-refractivity contribution in [1.29, 1.82) is 0 Å². The molecule has 1 aromatic rings. The van der Waals surface area contributed by atoms with Gasteiger partial charge < -0.3 is 21.3 Å². The average Bonchev–Trinajstić information content (AvgIpc) is 2.86. The van der Waals surface area contributed by atoms with Crippen LogP contribution in [0.1, 0.15) is 73.2 Å². The van der Waals surface area contributed by atoms with E-state index in [0.717, 1.165) is 35.9 Å². The maximum atomic E-state index is 12.7. The highest BCUT2D eigenvalue weighted by atomic mass is 32.2. The summed E-state index contributed by atoms with van der Waals surface area (Å²) in [5, 5.41) is 11.2. The maximum absolute atomic E-state index is 12.7. The number of hydrogen-bond acceptors (Lipinski definition) is 6. The summed E-state index contributed by atoms with van der Waals surface area (Å²) < 4.78 is 0. The van der Waals surface area contributed by atoms with Crippen LogP contribution in [0.5, 0.6) is 0 Å². The van der Waals surface area contributed by atoms with E-state index in [-0.39, 0.29) is 43.0 Å². The van der Waals surface area contributed by atoms with Gasteiger partial charge >= 0.3 is 6.03 Å². The second-order valence-electron chi connectivity index (χ2n) is 8.64. The van der Waals surface area contributed by atoms with Gasteiger partial charge in [0.05, 0.1) is 0 Å². The van der Waals surface area contributed by atoms with Gasteiger partial charge in [-0.2, -0.15) is 23.5 Å². The summed E-state index contributed by atoms with van der Waals surface area (Å²) in [4.78, 5) is 49.4. The molecular weight excluding hydrogens is 496 g/mol. The molecule has 10 heteroatoms. The Kier molecular flexibility index (Phi) is 16.8. The highest BCUT2D eigenvalue weighted by molar-refractivity contribution is 7.99. The van der Waals surface area contributed by atoms with E-state index in [9.17, 15) is 19.2 Å². The van der Waals surface area contributed by atoms with Crippen molar-refractivity contribution in [2.24, 2.45) is 5.92 Å². The Labute approximate surface area is 224 Å². The SMILES string of the molecule is CCCSCCNC(=O)c1cc(CNC(=O)NCCC(=O)C(C)C)cc(C(=O)NCCSCCC)c1. The number of urea groups is 1. The smallest absolute Gasteiger partial charge is 0.315 e. The van der Waals surface area contributed by atoms with E-state index in [4.69, 9.17) is 0 Å². The number of benzene rings is 1. The van der Waals surface area contributed by atoms with Crippen LogP contribution in [0.25, 0.3) is 0 Å². The minimum atomic E-state index is -0.409. The number of ketones is 1. The minimum Gasteiger partial charge on any atom is -0.351 e. The Morgan fingerprint density at radius 1 is 0.722 bits per heavy atom. The van der Waals surface area contributed by atoms with Crippen LogP contribution in [0.15, 0.2) is 18.2 Å². The van der Waals surface area contributed by atoms with Crippen LogP contribution in [-0.2, 0) is 11.3 Å². The predicted molar refractivity (Wildman–Crippen MR) is 151 cm³/mol. The molecule has 0 fully saturated rings. The number of Topliss-reactive ketones (excluding diaryl/α,β-unsaturated/α-hetero) is 1. The molecule has 1 aromatic carbocycles. The first-order valence-electron chi connectivity index (χ1n) is 12.7. The zero-order valence-electron chi connectivity index (χ0n) is 22.0. The van der Waals surface area contributed by atoms with Crippen LogP contribution < -0.4 is 21.3 Å². The Hall–Kier alpha value is -2.20. The molecule has 0 heterocycles. The van der Waals surface area contributed by atoms with Crippen molar-refractivity contribution in [3.05, 3.63) is 34.9 Å². The molecule has 0 saturated heterocycles. The molecule has 0 bridgehead atoms. The summed E-state index contributed by atoms with van der Waals surface area (Å²) >= 11 is 3.56. The molecule has 0 aliphatic heterocycles. The molecule has 1 rings (SSSR count).